The number of hydrogen-bond acceptors (Lipinski definition) is 3. The van der Waals surface area contributed by atoms with E-state index in [1.54, 1.807) is 24.5 Å². The SMILES string of the molecule is SOc1cccnc1. The van der Waals surface area contributed by atoms with Crippen molar-refractivity contribution < 1.29 is 4.18 Å². The summed E-state index contributed by atoms with van der Waals surface area (Å²) in [6.45, 7) is 0. The summed E-state index contributed by atoms with van der Waals surface area (Å²) in [4.78, 5) is 3.78. The Balaban J connectivity index is 2.83. The Kier molecular flexibility index (Phi) is 1.75. The van der Waals surface area contributed by atoms with E-state index in [0.29, 0.717) is 5.75 Å². The standard InChI is InChI=1S/C5H5NOS/c8-7-5-2-1-3-6-4-5/h1-4,8H. The minimum Gasteiger partial charge on any atom is -0.427 e. The van der Waals surface area contributed by atoms with E-state index < -0.39 is 0 Å². The van der Waals surface area contributed by atoms with Crippen LogP contribution in [0.3, 0.4) is 0 Å². The van der Waals surface area contributed by atoms with Crippen LogP contribution < -0.4 is 4.18 Å². The van der Waals surface area contributed by atoms with Crippen LogP contribution in [0.1, 0.15) is 0 Å². The van der Waals surface area contributed by atoms with Gasteiger partial charge >= 0.3 is 0 Å². The third-order valence-corrected chi connectivity index (χ3v) is 0.951. The number of aromatic nitrogens is 1. The fraction of sp³-hybridized carbons (Fsp3) is 0. The van der Waals surface area contributed by atoms with Crippen LogP contribution >= 0.6 is 12.9 Å². The van der Waals surface area contributed by atoms with Gasteiger partial charge in [-0.1, -0.05) is 0 Å². The Labute approximate surface area is 53.1 Å². The molecule has 0 spiro atoms. The molecule has 0 unspecified atom stereocenters. The molecular weight excluding hydrogens is 122 g/mol. The van der Waals surface area contributed by atoms with Crippen LogP contribution in [0.2, 0.25) is 0 Å². The highest BCUT2D eigenvalue weighted by Crippen LogP contribution is 2.06. The predicted molar refractivity (Wildman–Crippen MR) is 33.9 cm³/mol. The fourth-order valence-corrected chi connectivity index (χ4v) is 0.509. The minimum atomic E-state index is 0.663. The lowest BCUT2D eigenvalue weighted by Gasteiger charge is -1.90. The summed E-state index contributed by atoms with van der Waals surface area (Å²) in [5.41, 5.74) is 0. The van der Waals surface area contributed by atoms with Gasteiger partial charge in [-0.3, -0.25) is 4.98 Å². The average molecular weight is 127 g/mol. The van der Waals surface area contributed by atoms with Gasteiger partial charge in [0, 0.05) is 19.1 Å². The number of hydrogen-bond donors (Lipinski definition) is 1. The molecule has 0 bridgehead atoms. The third kappa shape index (κ3) is 1.13. The summed E-state index contributed by atoms with van der Waals surface area (Å²) in [7, 11) is 0. The van der Waals surface area contributed by atoms with E-state index in [-0.39, 0.29) is 0 Å². The molecule has 42 valence electrons. The van der Waals surface area contributed by atoms with Crippen LogP contribution in [0.4, 0.5) is 0 Å². The van der Waals surface area contributed by atoms with Crippen LogP contribution in [0.15, 0.2) is 24.5 Å². The van der Waals surface area contributed by atoms with Gasteiger partial charge in [-0.2, -0.15) is 0 Å². The highest BCUT2D eigenvalue weighted by Gasteiger charge is 1.82. The van der Waals surface area contributed by atoms with E-state index in [0.717, 1.165) is 0 Å². The molecule has 0 N–H and O–H groups in total. The Morgan fingerprint density at radius 3 is 2.88 bits per heavy atom. The molecule has 1 heterocycles. The second-order valence-corrected chi connectivity index (χ2v) is 1.46. The molecule has 0 aliphatic carbocycles. The summed E-state index contributed by atoms with van der Waals surface area (Å²) >= 11 is 3.57. The average Bonchev–Trinajstić information content (AvgIpc) is 1.90. The highest BCUT2D eigenvalue weighted by molar-refractivity contribution is 7.75. The third-order valence-electron chi connectivity index (χ3n) is 0.740. The normalized spacial score (nSPS) is 8.62. The molecule has 8 heavy (non-hydrogen) atoms. The van der Waals surface area contributed by atoms with Gasteiger partial charge in [-0.05, 0) is 12.1 Å². The first kappa shape index (κ1) is 5.44. The topological polar surface area (TPSA) is 22.1 Å². The predicted octanol–water partition coefficient (Wildman–Crippen LogP) is 1.31. The molecule has 1 aromatic heterocycles. The van der Waals surface area contributed by atoms with Crippen molar-refractivity contribution in [2.45, 2.75) is 0 Å². The lowest BCUT2D eigenvalue weighted by Crippen LogP contribution is -1.73. The minimum absolute atomic E-state index is 0.663. The molecule has 0 aromatic carbocycles. The Morgan fingerprint density at radius 2 is 2.50 bits per heavy atom. The van der Waals surface area contributed by atoms with Crippen molar-refractivity contribution >= 4 is 12.9 Å². The first-order valence-electron chi connectivity index (χ1n) is 2.15. The van der Waals surface area contributed by atoms with Crippen LogP contribution in [0, 0.1) is 0 Å². The molecule has 0 fully saturated rings. The number of rotatable bonds is 1. The molecule has 0 atom stereocenters. The quantitative estimate of drug-likeness (QED) is 0.454. The van der Waals surface area contributed by atoms with E-state index >= 15 is 0 Å². The molecule has 0 saturated heterocycles. The maximum absolute atomic E-state index is 4.55. The van der Waals surface area contributed by atoms with Gasteiger partial charge in [0.25, 0.3) is 0 Å². The first-order chi connectivity index (χ1) is 3.93. The summed E-state index contributed by atoms with van der Waals surface area (Å²) in [5, 5.41) is 0. The van der Waals surface area contributed by atoms with Gasteiger partial charge < -0.3 is 4.18 Å². The summed E-state index contributed by atoms with van der Waals surface area (Å²) in [5.74, 6) is 0.663. The molecule has 0 radical (unpaired) electrons. The van der Waals surface area contributed by atoms with Crippen LogP contribution in [0.25, 0.3) is 0 Å². The summed E-state index contributed by atoms with van der Waals surface area (Å²) < 4.78 is 4.55. The summed E-state index contributed by atoms with van der Waals surface area (Å²) in [6.07, 6.45) is 3.27. The van der Waals surface area contributed by atoms with Gasteiger partial charge in [-0.15, -0.1) is 0 Å². The van der Waals surface area contributed by atoms with Gasteiger partial charge in [0.2, 0.25) is 0 Å². The Hall–Kier alpha value is -0.700. The molecule has 0 amide bonds. The second-order valence-electron chi connectivity index (χ2n) is 1.28. The zero-order valence-corrected chi connectivity index (χ0v) is 5.01. The molecule has 0 saturated carbocycles. The smallest absolute Gasteiger partial charge is 0.155 e. The van der Waals surface area contributed by atoms with Crippen molar-refractivity contribution in [1.82, 2.24) is 4.98 Å². The molecular formula is C5H5NOS. The van der Waals surface area contributed by atoms with Gasteiger partial charge in [0.15, 0.2) is 5.75 Å². The van der Waals surface area contributed by atoms with Crippen LogP contribution in [-0.4, -0.2) is 4.98 Å². The van der Waals surface area contributed by atoms with Gasteiger partial charge in [0.05, 0.1) is 6.20 Å². The van der Waals surface area contributed by atoms with E-state index in [9.17, 15) is 0 Å². The maximum Gasteiger partial charge on any atom is 0.155 e. The lowest BCUT2D eigenvalue weighted by atomic mass is 10.5. The molecule has 0 aliphatic heterocycles. The van der Waals surface area contributed by atoms with Crippen molar-refractivity contribution in [1.29, 1.82) is 0 Å². The Morgan fingerprint density at radius 1 is 1.62 bits per heavy atom. The zero-order valence-electron chi connectivity index (χ0n) is 4.11. The number of thiol groups is 1. The van der Waals surface area contributed by atoms with Crippen molar-refractivity contribution in [3.05, 3.63) is 24.5 Å². The van der Waals surface area contributed by atoms with E-state index in [4.69, 9.17) is 0 Å². The molecule has 0 aliphatic rings. The zero-order chi connectivity index (χ0) is 5.82. The second kappa shape index (κ2) is 2.57. The highest BCUT2D eigenvalue weighted by atomic mass is 32.1. The van der Waals surface area contributed by atoms with Crippen molar-refractivity contribution in [2.75, 3.05) is 0 Å². The first-order valence-corrected chi connectivity index (χ1v) is 2.51. The number of pyridine rings is 1. The molecule has 3 heteroatoms. The maximum atomic E-state index is 4.55. The summed E-state index contributed by atoms with van der Waals surface area (Å²) in [6, 6.07) is 3.56. The van der Waals surface area contributed by atoms with E-state index in [2.05, 4.69) is 22.1 Å². The van der Waals surface area contributed by atoms with Crippen molar-refractivity contribution in [3.8, 4) is 5.75 Å². The molecule has 2 nitrogen and oxygen atoms in total. The van der Waals surface area contributed by atoms with E-state index in [1.807, 2.05) is 0 Å². The number of nitrogens with zero attached hydrogens (tertiary/aromatic N) is 1. The molecule has 1 aromatic rings. The van der Waals surface area contributed by atoms with Crippen molar-refractivity contribution in [2.24, 2.45) is 0 Å². The Bertz CT molecular complexity index is 154. The van der Waals surface area contributed by atoms with Crippen molar-refractivity contribution in [3.63, 3.8) is 0 Å². The van der Waals surface area contributed by atoms with E-state index in [1.165, 1.54) is 0 Å². The largest absolute Gasteiger partial charge is 0.427 e. The fourth-order valence-electron chi connectivity index (χ4n) is 0.401. The monoisotopic (exact) mass is 127 g/mol. The van der Waals surface area contributed by atoms with Crippen LogP contribution in [-0.2, 0) is 0 Å². The van der Waals surface area contributed by atoms with Crippen LogP contribution in [0.5, 0.6) is 5.75 Å². The lowest BCUT2D eigenvalue weighted by molar-refractivity contribution is 0.654. The van der Waals surface area contributed by atoms with Gasteiger partial charge in [0.1, 0.15) is 0 Å². The van der Waals surface area contributed by atoms with Gasteiger partial charge in [-0.25, -0.2) is 0 Å². The molecule has 1 rings (SSSR count).